The lowest BCUT2D eigenvalue weighted by Gasteiger charge is -2.17. The van der Waals surface area contributed by atoms with Crippen LogP contribution in [-0.4, -0.2) is 47.5 Å². The van der Waals surface area contributed by atoms with E-state index in [2.05, 4.69) is 35.8 Å². The number of aromatic nitrogens is 6. The van der Waals surface area contributed by atoms with Crippen molar-refractivity contribution in [1.82, 2.24) is 29.7 Å². The summed E-state index contributed by atoms with van der Waals surface area (Å²) in [5.41, 5.74) is 4.42. The maximum Gasteiger partial charge on any atom is 0.323 e. The van der Waals surface area contributed by atoms with Crippen LogP contribution < -0.4 is 10.6 Å². The van der Waals surface area contributed by atoms with Crippen LogP contribution in [0.3, 0.4) is 0 Å². The predicted octanol–water partition coefficient (Wildman–Crippen LogP) is 4.88. The van der Waals surface area contributed by atoms with Gasteiger partial charge in [0.05, 0.1) is 35.7 Å². The van der Waals surface area contributed by atoms with Crippen LogP contribution >= 0.6 is 0 Å². The number of aliphatic hydroxyl groups excluding tert-OH is 1. The van der Waals surface area contributed by atoms with E-state index in [4.69, 9.17) is 9.63 Å². The van der Waals surface area contributed by atoms with Gasteiger partial charge in [0.15, 0.2) is 5.65 Å². The quantitative estimate of drug-likeness (QED) is 0.259. The van der Waals surface area contributed by atoms with E-state index in [1.54, 1.807) is 18.6 Å². The van der Waals surface area contributed by atoms with Gasteiger partial charge in [-0.1, -0.05) is 30.8 Å². The molecule has 4 aromatic heterocycles. The number of carbonyl (C=O) groups is 1. The maximum atomic E-state index is 12.9. The summed E-state index contributed by atoms with van der Waals surface area (Å²) in [7, 11) is 0. The smallest absolute Gasteiger partial charge is 0.323 e. The van der Waals surface area contributed by atoms with E-state index in [-0.39, 0.29) is 12.6 Å². The minimum Gasteiger partial charge on any atom is -0.396 e. The number of nitrogens with zero attached hydrogens (tertiary/aromatic N) is 6. The molecular formula is C26H32N8O3. The van der Waals surface area contributed by atoms with Crippen LogP contribution in [0.5, 0.6) is 0 Å². The Hall–Kier alpha value is -3.86. The van der Waals surface area contributed by atoms with Gasteiger partial charge in [0, 0.05) is 25.0 Å². The molecule has 1 aliphatic carbocycles. The largest absolute Gasteiger partial charge is 0.396 e. The predicted molar refractivity (Wildman–Crippen MR) is 138 cm³/mol. The number of fused-ring (bicyclic) bond motifs is 1. The van der Waals surface area contributed by atoms with Crippen LogP contribution in [0.2, 0.25) is 0 Å². The van der Waals surface area contributed by atoms with Crippen molar-refractivity contribution in [3.8, 4) is 11.5 Å². The average molecular weight is 505 g/mol. The van der Waals surface area contributed by atoms with E-state index in [0.29, 0.717) is 41.1 Å². The third-order valence-corrected chi connectivity index (χ3v) is 6.76. The number of unbranched alkanes of at least 4 members (excludes halogenated alkanes) is 3. The Morgan fingerprint density at radius 2 is 1.97 bits per heavy atom. The standard InChI is InChI=1S/C26H32N8O3/c1-17-14-19(15-28-23(17)25-32-22(37-33-25)10-4-2-3-7-13-35)30-26(36)31-20-16-27-21-11-12-29-34(21)24(20)18-8-5-6-9-18/h11-12,14-16,18,35H,2-10,13H2,1H3,(H2,30,31,36). The second kappa shape index (κ2) is 11.5. The lowest BCUT2D eigenvalue weighted by molar-refractivity contribution is 0.262. The van der Waals surface area contributed by atoms with Gasteiger partial charge in [0.2, 0.25) is 11.7 Å². The second-order valence-corrected chi connectivity index (χ2v) is 9.51. The fourth-order valence-electron chi connectivity index (χ4n) is 4.94. The summed E-state index contributed by atoms with van der Waals surface area (Å²) in [6.45, 7) is 2.12. The van der Waals surface area contributed by atoms with Crippen molar-refractivity contribution < 1.29 is 14.4 Å². The monoisotopic (exact) mass is 504 g/mol. The molecule has 37 heavy (non-hydrogen) atoms. The molecule has 0 unspecified atom stereocenters. The van der Waals surface area contributed by atoms with Gasteiger partial charge < -0.3 is 20.3 Å². The molecule has 194 valence electrons. The van der Waals surface area contributed by atoms with E-state index < -0.39 is 0 Å². The first-order chi connectivity index (χ1) is 18.1. The van der Waals surface area contributed by atoms with Crippen molar-refractivity contribution in [2.75, 3.05) is 17.2 Å². The molecule has 1 saturated carbocycles. The van der Waals surface area contributed by atoms with Crippen molar-refractivity contribution >= 4 is 23.1 Å². The molecule has 0 atom stereocenters. The lowest BCUT2D eigenvalue weighted by Crippen LogP contribution is -2.22. The highest BCUT2D eigenvalue weighted by Crippen LogP contribution is 2.37. The van der Waals surface area contributed by atoms with E-state index in [0.717, 1.165) is 55.4 Å². The number of pyridine rings is 1. The van der Waals surface area contributed by atoms with Crippen molar-refractivity contribution in [1.29, 1.82) is 0 Å². The molecule has 2 amide bonds. The van der Waals surface area contributed by atoms with Crippen molar-refractivity contribution in [3.63, 3.8) is 0 Å². The minimum absolute atomic E-state index is 0.224. The van der Waals surface area contributed by atoms with Gasteiger partial charge in [-0.3, -0.25) is 4.98 Å². The maximum absolute atomic E-state index is 12.9. The summed E-state index contributed by atoms with van der Waals surface area (Å²) in [5, 5.41) is 23.2. The molecular weight excluding hydrogens is 472 g/mol. The zero-order valence-electron chi connectivity index (χ0n) is 21.0. The number of rotatable bonds is 10. The first-order valence-electron chi connectivity index (χ1n) is 12.9. The number of aryl methyl sites for hydroxylation is 2. The average Bonchev–Trinajstić information content (AvgIpc) is 3.66. The fourth-order valence-corrected chi connectivity index (χ4v) is 4.94. The summed E-state index contributed by atoms with van der Waals surface area (Å²) in [4.78, 5) is 26.3. The molecule has 0 bridgehead atoms. The Labute approximate surface area is 214 Å². The highest BCUT2D eigenvalue weighted by molar-refractivity contribution is 6.00. The number of urea groups is 1. The van der Waals surface area contributed by atoms with Crippen LogP contribution in [0.15, 0.2) is 35.2 Å². The van der Waals surface area contributed by atoms with Gasteiger partial charge in [0.1, 0.15) is 5.69 Å². The number of aliphatic hydroxyl groups is 1. The molecule has 11 heteroatoms. The summed E-state index contributed by atoms with van der Waals surface area (Å²) >= 11 is 0. The van der Waals surface area contributed by atoms with Gasteiger partial charge in [0.25, 0.3) is 0 Å². The Kier molecular flexibility index (Phi) is 7.69. The molecule has 3 N–H and O–H groups in total. The van der Waals surface area contributed by atoms with Crippen molar-refractivity contribution in [3.05, 3.63) is 47.9 Å². The molecule has 0 spiro atoms. The third kappa shape index (κ3) is 5.77. The van der Waals surface area contributed by atoms with E-state index in [1.165, 1.54) is 12.8 Å². The number of anilines is 2. The SMILES string of the molecule is Cc1cc(NC(=O)Nc2cnc3ccnn3c2C2CCCC2)cnc1-c1noc(CCCCCCO)n1. The van der Waals surface area contributed by atoms with Crippen LogP contribution in [-0.2, 0) is 6.42 Å². The highest BCUT2D eigenvalue weighted by atomic mass is 16.5. The first kappa shape index (κ1) is 24.8. The Morgan fingerprint density at radius 3 is 2.78 bits per heavy atom. The number of hydrogen-bond acceptors (Lipinski definition) is 8. The summed E-state index contributed by atoms with van der Waals surface area (Å²) in [6.07, 6.45) is 13.9. The van der Waals surface area contributed by atoms with E-state index in [9.17, 15) is 4.79 Å². The van der Waals surface area contributed by atoms with Gasteiger partial charge >= 0.3 is 6.03 Å². The summed E-state index contributed by atoms with van der Waals surface area (Å²) in [6, 6.07) is 3.33. The zero-order chi connectivity index (χ0) is 25.6. The summed E-state index contributed by atoms with van der Waals surface area (Å²) < 4.78 is 7.21. The number of nitrogens with one attached hydrogen (secondary N) is 2. The van der Waals surface area contributed by atoms with Crippen molar-refractivity contribution in [2.45, 2.75) is 70.6 Å². The Balaban J connectivity index is 1.24. The highest BCUT2D eigenvalue weighted by Gasteiger charge is 2.24. The van der Waals surface area contributed by atoms with E-state index in [1.807, 2.05) is 23.6 Å². The Bertz CT molecular complexity index is 1360. The number of hydrogen-bond donors (Lipinski definition) is 3. The topological polar surface area (TPSA) is 143 Å². The third-order valence-electron chi connectivity index (χ3n) is 6.76. The van der Waals surface area contributed by atoms with Crippen LogP contribution in [0, 0.1) is 6.92 Å². The van der Waals surface area contributed by atoms with Gasteiger partial charge in [-0.25, -0.2) is 14.3 Å². The minimum atomic E-state index is -0.371. The lowest BCUT2D eigenvalue weighted by atomic mass is 10.0. The summed E-state index contributed by atoms with van der Waals surface area (Å²) in [5.74, 6) is 1.34. The van der Waals surface area contributed by atoms with Crippen molar-refractivity contribution in [2.24, 2.45) is 0 Å². The molecule has 5 rings (SSSR count). The second-order valence-electron chi connectivity index (χ2n) is 9.51. The van der Waals surface area contributed by atoms with E-state index >= 15 is 0 Å². The molecule has 0 radical (unpaired) electrons. The fraction of sp³-hybridized carbons (Fsp3) is 0.462. The molecule has 0 aromatic carbocycles. The van der Waals surface area contributed by atoms with Gasteiger partial charge in [-0.05, 0) is 44.2 Å². The zero-order valence-corrected chi connectivity index (χ0v) is 21.0. The molecule has 1 aliphatic rings. The molecule has 11 nitrogen and oxygen atoms in total. The molecule has 4 heterocycles. The van der Waals surface area contributed by atoms with Gasteiger partial charge in [-0.15, -0.1) is 0 Å². The molecule has 1 fully saturated rings. The van der Waals surface area contributed by atoms with Crippen LogP contribution in [0.1, 0.15) is 74.4 Å². The number of carbonyl (C=O) groups excluding carboxylic acids is 1. The Morgan fingerprint density at radius 1 is 1.14 bits per heavy atom. The number of amides is 2. The van der Waals surface area contributed by atoms with Gasteiger partial charge in [-0.2, -0.15) is 10.1 Å². The first-order valence-corrected chi connectivity index (χ1v) is 12.9. The van der Waals surface area contributed by atoms with Crippen LogP contribution in [0.4, 0.5) is 16.2 Å². The molecule has 4 aromatic rings. The van der Waals surface area contributed by atoms with Crippen LogP contribution in [0.25, 0.3) is 17.2 Å². The molecule has 0 saturated heterocycles. The molecule has 0 aliphatic heterocycles. The normalized spacial score (nSPS) is 13.9.